The summed E-state index contributed by atoms with van der Waals surface area (Å²) in [5, 5.41) is 11.4. The summed E-state index contributed by atoms with van der Waals surface area (Å²) in [7, 11) is 1.58. The fourth-order valence-electron chi connectivity index (χ4n) is 1.36. The molecule has 0 aliphatic rings. The predicted molar refractivity (Wildman–Crippen MR) is 64.0 cm³/mol. The van der Waals surface area contributed by atoms with Gasteiger partial charge in [0.15, 0.2) is 0 Å². The number of hydrogen-bond donors (Lipinski definition) is 2. The highest BCUT2D eigenvalue weighted by molar-refractivity contribution is 5.75. The lowest BCUT2D eigenvalue weighted by molar-refractivity contribution is -0.137. The Labute approximate surface area is 102 Å². The number of carboxylic acids is 1. The van der Waals surface area contributed by atoms with Crippen molar-refractivity contribution in [2.75, 3.05) is 26.8 Å². The summed E-state index contributed by atoms with van der Waals surface area (Å²) in [4.78, 5) is 23.7. The van der Waals surface area contributed by atoms with Gasteiger partial charge in [-0.15, -0.1) is 0 Å². The SMILES string of the molecule is CCC(COC)NC(=O)N(CC)CCC(=O)O. The minimum absolute atomic E-state index is 0.0358. The summed E-state index contributed by atoms with van der Waals surface area (Å²) >= 11 is 0. The van der Waals surface area contributed by atoms with Crippen LogP contribution in [-0.2, 0) is 9.53 Å². The Hall–Kier alpha value is -1.30. The number of carbonyl (C=O) groups excluding carboxylic acids is 1. The molecule has 6 heteroatoms. The van der Waals surface area contributed by atoms with E-state index in [-0.39, 0.29) is 25.0 Å². The van der Waals surface area contributed by atoms with Crippen molar-refractivity contribution in [3.05, 3.63) is 0 Å². The molecule has 0 rings (SSSR count). The maximum atomic E-state index is 11.8. The van der Waals surface area contributed by atoms with Crippen molar-refractivity contribution in [1.29, 1.82) is 0 Å². The number of ether oxygens (including phenoxy) is 1. The van der Waals surface area contributed by atoms with Gasteiger partial charge in [-0.1, -0.05) is 6.92 Å². The summed E-state index contributed by atoms with van der Waals surface area (Å²) in [6, 6.07) is -0.274. The van der Waals surface area contributed by atoms with Crippen molar-refractivity contribution >= 4 is 12.0 Å². The molecule has 0 radical (unpaired) electrons. The molecule has 0 bridgehead atoms. The fraction of sp³-hybridized carbons (Fsp3) is 0.818. The number of nitrogens with one attached hydrogen (secondary N) is 1. The number of carboxylic acid groups (broad SMARTS) is 1. The molecule has 17 heavy (non-hydrogen) atoms. The van der Waals surface area contributed by atoms with Crippen LogP contribution in [0.15, 0.2) is 0 Å². The first kappa shape index (κ1) is 15.7. The second kappa shape index (κ2) is 8.81. The predicted octanol–water partition coefficient (Wildman–Crippen LogP) is 0.918. The van der Waals surface area contributed by atoms with Gasteiger partial charge in [-0.3, -0.25) is 4.79 Å². The number of methoxy groups -OCH3 is 1. The summed E-state index contributed by atoms with van der Waals surface area (Å²) in [5.41, 5.74) is 0. The van der Waals surface area contributed by atoms with Crippen molar-refractivity contribution in [3.63, 3.8) is 0 Å². The molecule has 0 aromatic carbocycles. The Morgan fingerprint density at radius 1 is 1.41 bits per heavy atom. The van der Waals surface area contributed by atoms with Crippen LogP contribution in [0.5, 0.6) is 0 Å². The molecule has 1 atom stereocenters. The van der Waals surface area contributed by atoms with E-state index in [1.807, 2.05) is 13.8 Å². The van der Waals surface area contributed by atoms with Gasteiger partial charge in [0.05, 0.1) is 19.1 Å². The van der Waals surface area contributed by atoms with Crippen molar-refractivity contribution in [2.45, 2.75) is 32.7 Å². The van der Waals surface area contributed by atoms with Crippen LogP contribution < -0.4 is 5.32 Å². The van der Waals surface area contributed by atoms with Crippen LogP contribution in [-0.4, -0.2) is 54.9 Å². The minimum atomic E-state index is -0.903. The Morgan fingerprint density at radius 2 is 2.06 bits per heavy atom. The molecule has 0 aliphatic heterocycles. The number of amides is 2. The molecule has 0 saturated carbocycles. The van der Waals surface area contributed by atoms with Crippen LogP contribution in [0.2, 0.25) is 0 Å². The van der Waals surface area contributed by atoms with Gasteiger partial charge in [-0.25, -0.2) is 4.79 Å². The highest BCUT2D eigenvalue weighted by Gasteiger charge is 2.16. The van der Waals surface area contributed by atoms with E-state index in [0.717, 1.165) is 6.42 Å². The molecule has 1 unspecified atom stereocenters. The molecule has 2 amide bonds. The van der Waals surface area contributed by atoms with Crippen molar-refractivity contribution in [1.82, 2.24) is 10.2 Å². The maximum absolute atomic E-state index is 11.8. The van der Waals surface area contributed by atoms with Gasteiger partial charge in [0.2, 0.25) is 0 Å². The van der Waals surface area contributed by atoms with Crippen LogP contribution in [0.1, 0.15) is 26.7 Å². The van der Waals surface area contributed by atoms with Crippen LogP contribution >= 0.6 is 0 Å². The van der Waals surface area contributed by atoms with Crippen molar-refractivity contribution in [3.8, 4) is 0 Å². The lowest BCUT2D eigenvalue weighted by atomic mass is 10.2. The van der Waals surface area contributed by atoms with E-state index in [1.54, 1.807) is 7.11 Å². The Balaban J connectivity index is 4.18. The number of hydrogen-bond acceptors (Lipinski definition) is 3. The monoisotopic (exact) mass is 246 g/mol. The third kappa shape index (κ3) is 6.78. The highest BCUT2D eigenvalue weighted by atomic mass is 16.5. The number of rotatable bonds is 8. The van der Waals surface area contributed by atoms with Gasteiger partial charge in [0, 0.05) is 20.2 Å². The maximum Gasteiger partial charge on any atom is 0.317 e. The Kier molecular flexibility index (Phi) is 8.13. The summed E-state index contributed by atoms with van der Waals surface area (Å²) in [5.74, 6) is -0.903. The molecule has 0 heterocycles. The Bertz CT molecular complexity index is 246. The average Bonchev–Trinajstić information content (AvgIpc) is 2.28. The highest BCUT2D eigenvalue weighted by Crippen LogP contribution is 1.97. The quantitative estimate of drug-likeness (QED) is 0.667. The van der Waals surface area contributed by atoms with E-state index in [2.05, 4.69) is 5.32 Å². The third-order valence-electron chi connectivity index (χ3n) is 2.45. The van der Waals surface area contributed by atoms with E-state index in [9.17, 15) is 9.59 Å². The van der Waals surface area contributed by atoms with Crippen LogP contribution in [0, 0.1) is 0 Å². The van der Waals surface area contributed by atoms with Crippen molar-refractivity contribution < 1.29 is 19.4 Å². The molecular weight excluding hydrogens is 224 g/mol. The molecular formula is C11H22N2O4. The van der Waals surface area contributed by atoms with Gasteiger partial charge >= 0.3 is 12.0 Å². The Morgan fingerprint density at radius 3 is 2.47 bits per heavy atom. The topological polar surface area (TPSA) is 78.9 Å². The first-order valence-electron chi connectivity index (χ1n) is 5.81. The van der Waals surface area contributed by atoms with Crippen LogP contribution in [0.25, 0.3) is 0 Å². The van der Waals surface area contributed by atoms with Crippen LogP contribution in [0.4, 0.5) is 4.79 Å². The lowest BCUT2D eigenvalue weighted by Gasteiger charge is -2.24. The van der Waals surface area contributed by atoms with Crippen LogP contribution in [0.3, 0.4) is 0 Å². The number of carbonyl (C=O) groups is 2. The number of aliphatic carboxylic acids is 1. The zero-order chi connectivity index (χ0) is 13.3. The number of nitrogens with zero attached hydrogens (tertiary/aromatic N) is 1. The summed E-state index contributed by atoms with van der Waals surface area (Å²) in [6.07, 6.45) is 0.735. The minimum Gasteiger partial charge on any atom is -0.481 e. The van der Waals surface area contributed by atoms with Gasteiger partial charge in [-0.05, 0) is 13.3 Å². The van der Waals surface area contributed by atoms with Gasteiger partial charge in [-0.2, -0.15) is 0 Å². The van der Waals surface area contributed by atoms with E-state index in [0.29, 0.717) is 13.2 Å². The third-order valence-corrected chi connectivity index (χ3v) is 2.45. The summed E-state index contributed by atoms with van der Waals surface area (Å²) in [6.45, 7) is 4.94. The molecule has 0 aliphatic carbocycles. The van der Waals surface area contributed by atoms with E-state index < -0.39 is 5.97 Å². The summed E-state index contributed by atoms with van der Waals surface area (Å²) < 4.78 is 4.98. The molecule has 6 nitrogen and oxygen atoms in total. The molecule has 2 N–H and O–H groups in total. The van der Waals surface area contributed by atoms with Crippen molar-refractivity contribution in [2.24, 2.45) is 0 Å². The molecule has 0 saturated heterocycles. The zero-order valence-electron chi connectivity index (χ0n) is 10.7. The number of urea groups is 1. The standard InChI is InChI=1S/C11H22N2O4/c1-4-9(8-17-3)12-11(16)13(5-2)7-6-10(14)15/h9H,4-8H2,1-3H3,(H,12,16)(H,14,15). The van der Waals surface area contributed by atoms with Gasteiger partial charge in [0.1, 0.15) is 0 Å². The lowest BCUT2D eigenvalue weighted by Crippen LogP contribution is -2.46. The van der Waals surface area contributed by atoms with Gasteiger partial charge < -0.3 is 20.1 Å². The second-order valence-corrected chi connectivity index (χ2v) is 3.73. The normalized spacial score (nSPS) is 11.9. The molecule has 100 valence electrons. The smallest absolute Gasteiger partial charge is 0.317 e. The van der Waals surface area contributed by atoms with E-state index in [1.165, 1.54) is 4.90 Å². The molecule has 0 spiro atoms. The molecule has 0 fully saturated rings. The first-order valence-corrected chi connectivity index (χ1v) is 5.81. The van der Waals surface area contributed by atoms with E-state index >= 15 is 0 Å². The zero-order valence-corrected chi connectivity index (χ0v) is 10.7. The first-order chi connectivity index (χ1) is 8.04. The largest absolute Gasteiger partial charge is 0.481 e. The second-order valence-electron chi connectivity index (χ2n) is 3.73. The molecule has 0 aromatic rings. The van der Waals surface area contributed by atoms with E-state index in [4.69, 9.17) is 9.84 Å². The fourth-order valence-corrected chi connectivity index (χ4v) is 1.36. The molecule has 0 aromatic heterocycles. The average molecular weight is 246 g/mol. The van der Waals surface area contributed by atoms with Gasteiger partial charge in [0.25, 0.3) is 0 Å².